The topological polar surface area (TPSA) is 102 Å². The predicted octanol–water partition coefficient (Wildman–Crippen LogP) is 2.51. The van der Waals surface area contributed by atoms with Crippen LogP contribution >= 0.6 is 0 Å². The van der Waals surface area contributed by atoms with E-state index < -0.39 is 6.09 Å². The third-order valence-corrected chi connectivity index (χ3v) is 2.66. The summed E-state index contributed by atoms with van der Waals surface area (Å²) in [6, 6.07) is 3.53. The Bertz CT molecular complexity index is 635. The monoisotopic (exact) mass is 321 g/mol. The second kappa shape index (κ2) is 8.48. The third-order valence-electron chi connectivity index (χ3n) is 2.66. The van der Waals surface area contributed by atoms with Gasteiger partial charge >= 0.3 is 6.09 Å². The number of nitriles is 1. The van der Waals surface area contributed by atoms with Crippen molar-refractivity contribution in [2.24, 2.45) is 5.16 Å². The van der Waals surface area contributed by atoms with Crippen molar-refractivity contribution >= 4 is 18.0 Å². The summed E-state index contributed by atoms with van der Waals surface area (Å²) in [5, 5.41) is 15.5. The maximum Gasteiger partial charge on any atom is 0.411 e. The number of carbonyl (C=O) groups is 1. The van der Waals surface area contributed by atoms with Gasteiger partial charge in [0, 0.05) is 5.56 Å². The first-order valence-corrected chi connectivity index (χ1v) is 6.71. The van der Waals surface area contributed by atoms with Crippen LogP contribution in [0.5, 0.6) is 11.5 Å². The number of hydrogen-bond acceptors (Lipinski definition) is 7. The molecule has 0 atom stereocenters. The van der Waals surface area contributed by atoms with Crippen molar-refractivity contribution in [3.63, 3.8) is 0 Å². The lowest BCUT2D eigenvalue weighted by atomic mass is 10.1. The Balaban J connectivity index is 3.41. The minimum Gasteiger partial charge on any atom is -0.491 e. The van der Waals surface area contributed by atoms with Crippen molar-refractivity contribution in [2.75, 3.05) is 26.6 Å². The van der Waals surface area contributed by atoms with Gasteiger partial charge in [0.05, 0.1) is 32.2 Å². The molecule has 0 bridgehead atoms. The fourth-order valence-corrected chi connectivity index (χ4v) is 1.83. The van der Waals surface area contributed by atoms with Crippen LogP contribution in [0, 0.1) is 11.3 Å². The number of nitrogens with one attached hydrogen (secondary N) is 1. The summed E-state index contributed by atoms with van der Waals surface area (Å²) in [4.78, 5) is 16.4. The highest BCUT2D eigenvalue weighted by Gasteiger charge is 2.21. The lowest BCUT2D eigenvalue weighted by molar-refractivity contribution is 0.130. The van der Waals surface area contributed by atoms with Crippen molar-refractivity contribution < 1.29 is 23.8 Å². The van der Waals surface area contributed by atoms with Gasteiger partial charge in [0.1, 0.15) is 18.7 Å². The van der Waals surface area contributed by atoms with Crippen LogP contribution in [0.15, 0.2) is 11.2 Å². The maximum absolute atomic E-state index is 11.8. The van der Waals surface area contributed by atoms with Crippen LogP contribution in [0.1, 0.15) is 25.0 Å². The minimum absolute atomic E-state index is 0.176. The second-order valence-corrected chi connectivity index (χ2v) is 4.56. The number of nitrogens with zero attached hydrogens (tertiary/aromatic N) is 2. The molecular weight excluding hydrogens is 302 g/mol. The third kappa shape index (κ3) is 4.51. The quantitative estimate of drug-likeness (QED) is 0.638. The van der Waals surface area contributed by atoms with Crippen molar-refractivity contribution in [1.82, 2.24) is 0 Å². The summed E-state index contributed by atoms with van der Waals surface area (Å²) in [7, 11) is 4.18. The minimum atomic E-state index is -0.653. The molecule has 23 heavy (non-hydrogen) atoms. The molecule has 0 spiro atoms. The van der Waals surface area contributed by atoms with Crippen molar-refractivity contribution in [3.05, 3.63) is 17.2 Å². The van der Waals surface area contributed by atoms with E-state index >= 15 is 0 Å². The van der Waals surface area contributed by atoms with E-state index in [4.69, 9.17) is 14.2 Å². The molecule has 0 saturated heterocycles. The number of benzene rings is 1. The highest BCUT2D eigenvalue weighted by molar-refractivity contribution is 5.94. The van der Waals surface area contributed by atoms with E-state index in [1.54, 1.807) is 13.8 Å². The largest absolute Gasteiger partial charge is 0.491 e. The number of anilines is 1. The smallest absolute Gasteiger partial charge is 0.411 e. The van der Waals surface area contributed by atoms with Gasteiger partial charge in [0.25, 0.3) is 0 Å². The first-order valence-electron chi connectivity index (χ1n) is 6.71. The zero-order valence-electron chi connectivity index (χ0n) is 13.7. The Morgan fingerprint density at radius 1 is 1.30 bits per heavy atom. The molecule has 0 radical (unpaired) electrons. The molecule has 8 nitrogen and oxygen atoms in total. The summed E-state index contributed by atoms with van der Waals surface area (Å²) in [5.41, 5.74) is 0.881. The molecule has 0 aliphatic carbocycles. The predicted molar refractivity (Wildman–Crippen MR) is 84.1 cm³/mol. The van der Waals surface area contributed by atoms with E-state index in [1.165, 1.54) is 33.6 Å². The van der Waals surface area contributed by atoms with Gasteiger partial charge in [-0.05, 0) is 19.9 Å². The molecule has 8 heteroatoms. The summed E-state index contributed by atoms with van der Waals surface area (Å²) >= 11 is 0. The normalized spacial score (nSPS) is 10.3. The van der Waals surface area contributed by atoms with Crippen molar-refractivity contribution in [2.45, 2.75) is 20.0 Å². The van der Waals surface area contributed by atoms with E-state index in [9.17, 15) is 10.1 Å². The molecule has 124 valence electrons. The van der Waals surface area contributed by atoms with E-state index in [0.717, 1.165) is 0 Å². The van der Waals surface area contributed by atoms with E-state index in [-0.39, 0.29) is 28.9 Å². The van der Waals surface area contributed by atoms with Crippen molar-refractivity contribution in [1.29, 1.82) is 5.26 Å². The van der Waals surface area contributed by atoms with Gasteiger partial charge in [-0.2, -0.15) is 5.26 Å². The zero-order chi connectivity index (χ0) is 17.4. The first kappa shape index (κ1) is 18.1. The number of carbonyl (C=O) groups excluding carboxylic acids is 1. The van der Waals surface area contributed by atoms with Crippen LogP contribution in [-0.2, 0) is 9.57 Å². The molecule has 1 amide bonds. The van der Waals surface area contributed by atoms with Crippen LogP contribution < -0.4 is 14.8 Å². The van der Waals surface area contributed by atoms with E-state index in [0.29, 0.717) is 5.56 Å². The molecule has 0 fully saturated rings. The fraction of sp³-hybridized carbons (Fsp3) is 0.400. The SMILES string of the molecule is CON=Cc1cc(NC(=O)OC(C)C)c(OC)c(OC)c1C#N. The maximum atomic E-state index is 11.8. The number of rotatable bonds is 6. The zero-order valence-corrected chi connectivity index (χ0v) is 13.7. The molecule has 0 aliphatic rings. The van der Waals surface area contributed by atoms with Gasteiger partial charge in [-0.1, -0.05) is 5.16 Å². The van der Waals surface area contributed by atoms with Crippen LogP contribution in [0.4, 0.5) is 10.5 Å². The molecule has 0 unspecified atom stereocenters. The van der Waals surface area contributed by atoms with E-state index in [2.05, 4.69) is 15.3 Å². The average Bonchev–Trinajstić information content (AvgIpc) is 2.50. The summed E-state index contributed by atoms with van der Waals surface area (Å²) < 4.78 is 15.5. The Hall–Kier alpha value is -2.95. The van der Waals surface area contributed by atoms with E-state index in [1.807, 2.05) is 6.07 Å². The summed E-state index contributed by atoms with van der Waals surface area (Å²) in [5.74, 6) is 0.384. The number of hydrogen-bond donors (Lipinski definition) is 1. The Labute approximate surface area is 134 Å². The summed E-state index contributed by atoms with van der Waals surface area (Å²) in [6.07, 6.45) is 0.398. The molecule has 1 rings (SSSR count). The Morgan fingerprint density at radius 3 is 2.43 bits per heavy atom. The van der Waals surface area contributed by atoms with Crippen LogP contribution in [0.2, 0.25) is 0 Å². The molecule has 1 N–H and O–H groups in total. The molecule has 1 aromatic rings. The van der Waals surface area contributed by atoms with Gasteiger partial charge in [0.15, 0.2) is 11.5 Å². The number of amides is 1. The standard InChI is InChI=1S/C15H19N3O5/c1-9(2)23-15(19)18-12-6-10(8-17-22-5)11(7-16)13(20-3)14(12)21-4/h6,8-9H,1-5H3,(H,18,19). The van der Waals surface area contributed by atoms with Gasteiger partial charge in [-0.25, -0.2) is 4.79 Å². The molecule has 0 aliphatic heterocycles. The second-order valence-electron chi connectivity index (χ2n) is 4.56. The average molecular weight is 321 g/mol. The molecular formula is C15H19N3O5. The number of methoxy groups -OCH3 is 2. The fourth-order valence-electron chi connectivity index (χ4n) is 1.83. The van der Waals surface area contributed by atoms with Gasteiger partial charge in [0.2, 0.25) is 0 Å². The Morgan fingerprint density at radius 2 is 1.96 bits per heavy atom. The van der Waals surface area contributed by atoms with Gasteiger partial charge < -0.3 is 19.0 Å². The van der Waals surface area contributed by atoms with Gasteiger partial charge in [-0.3, -0.25) is 5.32 Å². The highest BCUT2D eigenvalue weighted by Crippen LogP contribution is 2.40. The molecule has 1 aromatic carbocycles. The highest BCUT2D eigenvalue weighted by atomic mass is 16.6. The lowest BCUT2D eigenvalue weighted by Crippen LogP contribution is -2.19. The lowest BCUT2D eigenvalue weighted by Gasteiger charge is -2.17. The summed E-state index contributed by atoms with van der Waals surface area (Å²) in [6.45, 7) is 3.46. The first-order chi connectivity index (χ1) is 11.0. The Kier molecular flexibility index (Phi) is 6.68. The number of ether oxygens (including phenoxy) is 3. The van der Waals surface area contributed by atoms with Crippen LogP contribution in [0.25, 0.3) is 0 Å². The number of oxime groups is 1. The molecule has 0 aromatic heterocycles. The van der Waals surface area contributed by atoms with Gasteiger partial charge in [-0.15, -0.1) is 0 Å². The molecule has 0 heterocycles. The van der Waals surface area contributed by atoms with Crippen molar-refractivity contribution in [3.8, 4) is 17.6 Å². The molecule has 0 saturated carbocycles. The van der Waals surface area contributed by atoms with Crippen LogP contribution in [-0.4, -0.2) is 39.7 Å². The van der Waals surface area contributed by atoms with Crippen LogP contribution in [0.3, 0.4) is 0 Å².